The van der Waals surface area contributed by atoms with Crippen molar-refractivity contribution < 1.29 is 37.7 Å². The molecular formula is C45H51F2N3O6. The number of nitrogens with one attached hydrogen (secondary N) is 2. The van der Waals surface area contributed by atoms with Gasteiger partial charge in [0.2, 0.25) is 5.91 Å². The molecule has 56 heavy (non-hydrogen) atoms. The number of unbranched alkanes of at least 4 members (excludes halogenated alkanes) is 1. The summed E-state index contributed by atoms with van der Waals surface area (Å²) in [5.74, 6) is -0.652. The summed E-state index contributed by atoms with van der Waals surface area (Å²) in [7, 11) is 0. The first-order valence-corrected chi connectivity index (χ1v) is 19.2. The number of benzene rings is 4. The number of nitrogens with two attached hydrogens (primary N) is 1. The van der Waals surface area contributed by atoms with Crippen LogP contribution in [0.3, 0.4) is 0 Å². The van der Waals surface area contributed by atoms with Crippen molar-refractivity contribution in [2.45, 2.75) is 83.6 Å². The van der Waals surface area contributed by atoms with E-state index < -0.39 is 24.3 Å². The van der Waals surface area contributed by atoms with Gasteiger partial charge in [0.05, 0.1) is 23.6 Å². The smallest absolute Gasteiger partial charge is 0.309 e. The summed E-state index contributed by atoms with van der Waals surface area (Å²) in [6, 6.07) is 26.2. The average Bonchev–Trinajstić information content (AvgIpc) is 3.41. The molecule has 1 saturated heterocycles. The Hall–Kier alpha value is -5.39. The number of para-hydroxylation sites is 2. The first-order valence-electron chi connectivity index (χ1n) is 19.2. The van der Waals surface area contributed by atoms with Crippen molar-refractivity contribution in [2.75, 3.05) is 6.54 Å². The van der Waals surface area contributed by atoms with Crippen molar-refractivity contribution in [3.8, 4) is 11.5 Å². The number of aliphatic hydroxyl groups excluding tert-OH is 1. The maximum atomic E-state index is 13.8. The van der Waals surface area contributed by atoms with E-state index in [1.807, 2.05) is 55.5 Å². The van der Waals surface area contributed by atoms with E-state index in [2.05, 4.69) is 17.6 Å². The molecule has 0 aromatic heterocycles. The number of ether oxygens (including phenoxy) is 2. The number of cyclic esters (lactones) is 1. The number of fused-ring (bicyclic) bond motifs is 2. The third-order valence-electron chi connectivity index (χ3n) is 9.95. The highest BCUT2D eigenvalue weighted by molar-refractivity contribution is 6.25. The topological polar surface area (TPSA) is 140 Å². The normalized spacial score (nSPS) is 17.8. The van der Waals surface area contributed by atoms with Crippen LogP contribution in [0, 0.1) is 23.5 Å². The molecule has 2 heterocycles. The number of esters is 1. The molecule has 2 aliphatic heterocycles. The quantitative estimate of drug-likeness (QED) is 0.0790. The Kier molecular flexibility index (Phi) is 14.9. The zero-order valence-electron chi connectivity index (χ0n) is 32.1. The summed E-state index contributed by atoms with van der Waals surface area (Å²) in [4.78, 5) is 37.6. The van der Waals surface area contributed by atoms with Crippen molar-refractivity contribution in [1.29, 1.82) is 0 Å². The molecule has 4 aromatic rings. The number of carbonyl (C=O) groups is 3. The largest absolute Gasteiger partial charge is 0.460 e. The van der Waals surface area contributed by atoms with E-state index in [1.54, 1.807) is 37.3 Å². The number of hydrogen-bond donors (Lipinski definition) is 4. The molecule has 1 fully saturated rings. The fourth-order valence-corrected chi connectivity index (χ4v) is 6.73. The molecule has 0 saturated carbocycles. The van der Waals surface area contributed by atoms with Gasteiger partial charge in [-0.1, -0.05) is 87.9 Å². The van der Waals surface area contributed by atoms with E-state index in [4.69, 9.17) is 15.2 Å². The van der Waals surface area contributed by atoms with Crippen LogP contribution in [0.1, 0.15) is 68.7 Å². The van der Waals surface area contributed by atoms with Gasteiger partial charge in [-0.3, -0.25) is 14.4 Å². The van der Waals surface area contributed by atoms with Gasteiger partial charge in [-0.25, -0.2) is 8.78 Å². The van der Waals surface area contributed by atoms with Gasteiger partial charge in [0.1, 0.15) is 29.2 Å². The van der Waals surface area contributed by atoms with Gasteiger partial charge < -0.3 is 30.9 Å². The Bertz CT molecular complexity index is 2000. The van der Waals surface area contributed by atoms with Crippen molar-refractivity contribution >= 4 is 29.4 Å². The van der Waals surface area contributed by atoms with Gasteiger partial charge in [0.25, 0.3) is 5.91 Å². The molecule has 0 bridgehead atoms. The summed E-state index contributed by atoms with van der Waals surface area (Å²) in [6.07, 6.45) is 3.97. The van der Waals surface area contributed by atoms with Crippen molar-refractivity contribution in [3.63, 3.8) is 0 Å². The molecule has 4 aromatic carbocycles. The monoisotopic (exact) mass is 767 g/mol. The highest BCUT2D eigenvalue weighted by Crippen LogP contribution is 2.38. The summed E-state index contributed by atoms with van der Waals surface area (Å²) in [5.41, 5.74) is 9.31. The minimum Gasteiger partial charge on any atom is -0.460 e. The van der Waals surface area contributed by atoms with Gasteiger partial charge in [0.15, 0.2) is 0 Å². The van der Waals surface area contributed by atoms with Crippen molar-refractivity contribution in [3.05, 3.63) is 131 Å². The number of rotatable bonds is 14. The highest BCUT2D eigenvalue weighted by Gasteiger charge is 2.38. The van der Waals surface area contributed by atoms with Gasteiger partial charge in [0, 0.05) is 29.6 Å². The second kappa shape index (κ2) is 20.0. The molecular weight excluding hydrogens is 717 g/mol. The molecule has 6 atom stereocenters. The van der Waals surface area contributed by atoms with Crippen LogP contribution in [-0.4, -0.2) is 53.7 Å². The number of halogens is 2. The number of amides is 2. The number of hydrogen-bond acceptors (Lipinski definition) is 7. The molecule has 9 nitrogen and oxygen atoms in total. The standard InChI is InChI=1S/C28H24FNO4.C17H27FN2O2/c1-17-13-26(34-28(17)32)23(15-18-7-6-9-20(29)14-18)30-27(31)22-16-19-8-2-4-11-24(19)33-25-12-5-3-10-21(22)25;1-3-4-8-20-17(22)12(2)9-16(21)15(19)11-13-6-5-7-14(18)10-13/h2-12,14,16-17,23,26H,13,15H2,1H3,(H,30,31);5-7,10,12,15-16,21H,3-4,8-9,11,19H2,1-2H3,(H,20,22). The summed E-state index contributed by atoms with van der Waals surface area (Å²) >= 11 is 0. The lowest BCUT2D eigenvalue weighted by molar-refractivity contribution is -0.145. The predicted molar refractivity (Wildman–Crippen MR) is 212 cm³/mol. The van der Waals surface area contributed by atoms with Crippen LogP contribution < -0.4 is 21.1 Å². The Balaban J connectivity index is 0.000000237. The number of carbonyl (C=O) groups excluding carboxylic acids is 3. The molecule has 11 heteroatoms. The van der Waals surface area contributed by atoms with Crippen LogP contribution in [0.5, 0.6) is 11.5 Å². The van der Waals surface area contributed by atoms with Gasteiger partial charge in [-0.15, -0.1) is 0 Å². The third-order valence-corrected chi connectivity index (χ3v) is 9.95. The second-order valence-corrected chi connectivity index (χ2v) is 14.6. The van der Waals surface area contributed by atoms with E-state index in [9.17, 15) is 28.3 Å². The van der Waals surface area contributed by atoms with E-state index >= 15 is 0 Å². The predicted octanol–water partition coefficient (Wildman–Crippen LogP) is 7.15. The van der Waals surface area contributed by atoms with E-state index in [0.29, 0.717) is 60.4 Å². The Morgan fingerprint density at radius 1 is 0.911 bits per heavy atom. The van der Waals surface area contributed by atoms with E-state index in [1.165, 1.54) is 24.3 Å². The summed E-state index contributed by atoms with van der Waals surface area (Å²) in [5, 5.41) is 16.1. The molecule has 6 unspecified atom stereocenters. The molecule has 0 aliphatic carbocycles. The molecule has 296 valence electrons. The van der Waals surface area contributed by atoms with E-state index in [-0.39, 0.29) is 41.3 Å². The molecule has 2 amide bonds. The molecule has 0 radical (unpaired) electrons. The second-order valence-electron chi connectivity index (χ2n) is 14.6. The summed E-state index contributed by atoms with van der Waals surface area (Å²) < 4.78 is 38.6. The zero-order chi connectivity index (χ0) is 40.2. The SMILES string of the molecule is CC1CC(C(Cc2cccc(F)c2)NC(=O)C2=Cc3ccccc3Oc3ccccc32)OC1=O.CCCCNC(=O)C(C)CC(O)C(N)Cc1cccc(F)c1. The maximum Gasteiger partial charge on any atom is 0.309 e. The Morgan fingerprint density at radius 3 is 2.20 bits per heavy atom. The lowest BCUT2D eigenvalue weighted by atomic mass is 9.94. The van der Waals surface area contributed by atoms with E-state index in [0.717, 1.165) is 24.0 Å². The lowest BCUT2D eigenvalue weighted by Crippen LogP contribution is -2.45. The van der Waals surface area contributed by atoms with Crippen LogP contribution in [0.2, 0.25) is 0 Å². The van der Waals surface area contributed by atoms with Gasteiger partial charge in [-0.2, -0.15) is 0 Å². The minimum absolute atomic E-state index is 0.0644. The summed E-state index contributed by atoms with van der Waals surface area (Å²) in [6.45, 7) is 6.30. The molecule has 0 spiro atoms. The van der Waals surface area contributed by atoms with Crippen LogP contribution in [0.15, 0.2) is 97.1 Å². The van der Waals surface area contributed by atoms with Crippen LogP contribution in [0.25, 0.3) is 11.6 Å². The maximum absolute atomic E-state index is 13.8. The first kappa shape index (κ1) is 41.8. The highest BCUT2D eigenvalue weighted by atomic mass is 19.1. The van der Waals surface area contributed by atoms with Gasteiger partial charge in [-0.05, 0) is 85.7 Å². The van der Waals surface area contributed by atoms with Crippen LogP contribution >= 0.6 is 0 Å². The third kappa shape index (κ3) is 11.6. The lowest BCUT2D eigenvalue weighted by Gasteiger charge is -2.25. The van der Waals surface area contributed by atoms with Crippen molar-refractivity contribution in [2.24, 2.45) is 17.6 Å². The van der Waals surface area contributed by atoms with Crippen LogP contribution in [0.4, 0.5) is 8.78 Å². The van der Waals surface area contributed by atoms with Crippen LogP contribution in [-0.2, 0) is 32.0 Å². The average molecular weight is 768 g/mol. The zero-order valence-corrected chi connectivity index (χ0v) is 32.1. The number of aliphatic hydroxyl groups is 1. The Labute approximate surface area is 327 Å². The van der Waals surface area contributed by atoms with Gasteiger partial charge >= 0.3 is 5.97 Å². The fraction of sp³-hybridized carbons (Fsp3) is 0.356. The molecule has 6 rings (SSSR count). The Morgan fingerprint density at radius 2 is 1.55 bits per heavy atom. The fourth-order valence-electron chi connectivity index (χ4n) is 6.73. The van der Waals surface area contributed by atoms with Crippen molar-refractivity contribution in [1.82, 2.24) is 10.6 Å². The molecule has 2 aliphatic rings. The first-order chi connectivity index (χ1) is 26.9. The molecule has 5 N–H and O–H groups in total. The minimum atomic E-state index is -0.796.